The first-order valence-electron chi connectivity index (χ1n) is 7.49. The highest BCUT2D eigenvalue weighted by atomic mass is 127. The third-order valence-electron chi connectivity index (χ3n) is 3.59. The maximum Gasteiger partial charge on any atom is 0.193 e. The van der Waals surface area contributed by atoms with E-state index >= 15 is 0 Å². The minimum Gasteiger partial charge on any atom is -0.357 e. The van der Waals surface area contributed by atoms with Gasteiger partial charge in [-0.25, -0.2) is 4.99 Å². The van der Waals surface area contributed by atoms with Crippen LogP contribution in [0.1, 0.15) is 43.6 Å². The number of unbranched alkanes of at least 4 members (excludes halogenated alkanes) is 1. The molecule has 0 aromatic carbocycles. The molecule has 5 nitrogen and oxygen atoms in total. The van der Waals surface area contributed by atoms with Crippen molar-refractivity contribution in [2.24, 2.45) is 12.0 Å². The first-order chi connectivity index (χ1) is 9.51. The largest absolute Gasteiger partial charge is 0.357 e. The van der Waals surface area contributed by atoms with Crippen LogP contribution < -0.4 is 5.32 Å². The van der Waals surface area contributed by atoms with Crippen molar-refractivity contribution in [3.8, 4) is 0 Å². The van der Waals surface area contributed by atoms with Gasteiger partial charge in [-0.05, 0) is 27.2 Å². The van der Waals surface area contributed by atoms with E-state index in [9.17, 15) is 0 Å². The predicted octanol–water partition coefficient (Wildman–Crippen LogP) is 2.85. The summed E-state index contributed by atoms with van der Waals surface area (Å²) in [6, 6.07) is 0. The molecule has 0 unspecified atom stereocenters. The molecule has 6 heteroatoms. The molecule has 0 aliphatic heterocycles. The highest BCUT2D eigenvalue weighted by Crippen LogP contribution is 2.13. The smallest absolute Gasteiger partial charge is 0.193 e. The van der Waals surface area contributed by atoms with E-state index < -0.39 is 0 Å². The number of guanidine groups is 1. The van der Waals surface area contributed by atoms with E-state index in [1.165, 1.54) is 24.1 Å². The predicted molar refractivity (Wildman–Crippen MR) is 100 cm³/mol. The number of nitrogens with one attached hydrogen (secondary N) is 1. The van der Waals surface area contributed by atoms with Crippen molar-refractivity contribution in [3.63, 3.8) is 0 Å². The number of nitrogens with zero attached hydrogens (tertiary/aromatic N) is 4. The van der Waals surface area contributed by atoms with Gasteiger partial charge in [0, 0.05) is 38.4 Å². The van der Waals surface area contributed by atoms with Crippen LogP contribution in [0.2, 0.25) is 0 Å². The third kappa shape index (κ3) is 5.84. The fourth-order valence-electron chi connectivity index (χ4n) is 2.17. The molecule has 0 spiro atoms. The molecule has 122 valence electrons. The van der Waals surface area contributed by atoms with Gasteiger partial charge in [0.1, 0.15) is 0 Å². The zero-order valence-corrected chi connectivity index (χ0v) is 16.6. The van der Waals surface area contributed by atoms with Gasteiger partial charge in [0.15, 0.2) is 5.96 Å². The van der Waals surface area contributed by atoms with Gasteiger partial charge in [-0.15, -0.1) is 24.0 Å². The number of hydrogen-bond donors (Lipinski definition) is 1. The van der Waals surface area contributed by atoms with E-state index in [0.29, 0.717) is 6.54 Å². The van der Waals surface area contributed by atoms with Crippen molar-refractivity contribution < 1.29 is 0 Å². The van der Waals surface area contributed by atoms with Crippen molar-refractivity contribution in [2.45, 2.75) is 47.1 Å². The van der Waals surface area contributed by atoms with E-state index in [4.69, 9.17) is 4.99 Å². The Labute approximate surface area is 146 Å². The summed E-state index contributed by atoms with van der Waals surface area (Å²) < 4.78 is 1.92. The summed E-state index contributed by atoms with van der Waals surface area (Å²) in [6.07, 6.45) is 2.39. The van der Waals surface area contributed by atoms with Crippen LogP contribution >= 0.6 is 24.0 Å². The Hall–Kier alpha value is -0.790. The van der Waals surface area contributed by atoms with Gasteiger partial charge in [0.2, 0.25) is 0 Å². The van der Waals surface area contributed by atoms with Gasteiger partial charge in [0.25, 0.3) is 0 Å². The molecular formula is C15H30IN5. The maximum atomic E-state index is 4.75. The molecule has 0 saturated heterocycles. The molecular weight excluding hydrogens is 377 g/mol. The molecule has 0 aliphatic carbocycles. The number of rotatable bonds is 6. The van der Waals surface area contributed by atoms with Crippen LogP contribution in [0.4, 0.5) is 0 Å². The molecule has 1 N–H and O–H groups in total. The summed E-state index contributed by atoms with van der Waals surface area (Å²) >= 11 is 0. The number of aryl methyl sites for hydroxylation is 2. The quantitative estimate of drug-likeness (QED) is 0.448. The molecule has 1 aromatic rings. The summed E-state index contributed by atoms with van der Waals surface area (Å²) in [5.74, 6) is 0.976. The topological polar surface area (TPSA) is 45.5 Å². The second-order valence-corrected chi connectivity index (χ2v) is 5.22. The summed E-state index contributed by atoms with van der Waals surface area (Å²) in [6.45, 7) is 11.1. The van der Waals surface area contributed by atoms with Crippen molar-refractivity contribution in [1.82, 2.24) is 20.0 Å². The zero-order chi connectivity index (χ0) is 15.1. The lowest BCUT2D eigenvalue weighted by Gasteiger charge is -2.21. The normalized spacial score (nSPS) is 11.2. The van der Waals surface area contributed by atoms with Crippen LogP contribution in [0.5, 0.6) is 0 Å². The number of halogens is 1. The lowest BCUT2D eigenvalue weighted by atomic mass is 10.2. The van der Waals surface area contributed by atoms with Crippen LogP contribution in [0.3, 0.4) is 0 Å². The Kier molecular flexibility index (Phi) is 9.65. The minimum absolute atomic E-state index is 0. The molecule has 0 aliphatic rings. The lowest BCUT2D eigenvalue weighted by molar-refractivity contribution is 0.464. The molecule has 0 fully saturated rings. The van der Waals surface area contributed by atoms with Gasteiger partial charge in [-0.2, -0.15) is 5.10 Å². The molecule has 21 heavy (non-hydrogen) atoms. The van der Waals surface area contributed by atoms with Crippen molar-refractivity contribution >= 4 is 29.9 Å². The Balaban J connectivity index is 0.00000400. The first-order valence-corrected chi connectivity index (χ1v) is 7.49. The highest BCUT2D eigenvalue weighted by molar-refractivity contribution is 14.0. The molecule has 1 heterocycles. The summed E-state index contributed by atoms with van der Waals surface area (Å²) in [7, 11) is 4.08. The molecule has 0 amide bonds. The standard InChI is InChI=1S/C15H29N5.HI/c1-7-9-10-19(5)15(16-8-2)17-11-14-12(3)18-20(6)13(14)4;/h7-11H2,1-6H3,(H,16,17);1H. The molecule has 0 bridgehead atoms. The number of aliphatic imine (C=N–C) groups is 1. The number of aromatic nitrogens is 2. The minimum atomic E-state index is 0. The van der Waals surface area contributed by atoms with Crippen LogP contribution in [0.15, 0.2) is 4.99 Å². The second-order valence-electron chi connectivity index (χ2n) is 5.22. The van der Waals surface area contributed by atoms with Gasteiger partial charge in [0.05, 0.1) is 12.2 Å². The van der Waals surface area contributed by atoms with E-state index in [1.54, 1.807) is 0 Å². The maximum absolute atomic E-state index is 4.75. The lowest BCUT2D eigenvalue weighted by Crippen LogP contribution is -2.39. The Morgan fingerprint density at radius 3 is 2.48 bits per heavy atom. The van der Waals surface area contributed by atoms with Crippen LogP contribution in [0, 0.1) is 13.8 Å². The Morgan fingerprint density at radius 2 is 2.00 bits per heavy atom. The Morgan fingerprint density at radius 1 is 1.33 bits per heavy atom. The van der Waals surface area contributed by atoms with E-state index in [1.807, 2.05) is 18.7 Å². The van der Waals surface area contributed by atoms with Crippen LogP contribution in [0.25, 0.3) is 0 Å². The van der Waals surface area contributed by atoms with E-state index in [-0.39, 0.29) is 24.0 Å². The van der Waals surface area contributed by atoms with Crippen molar-refractivity contribution in [2.75, 3.05) is 20.1 Å². The zero-order valence-electron chi connectivity index (χ0n) is 14.2. The van der Waals surface area contributed by atoms with E-state index in [0.717, 1.165) is 24.7 Å². The average Bonchev–Trinajstić information content (AvgIpc) is 2.66. The molecule has 0 radical (unpaired) electrons. The van der Waals surface area contributed by atoms with Gasteiger partial charge < -0.3 is 10.2 Å². The first kappa shape index (κ1) is 20.2. The highest BCUT2D eigenvalue weighted by Gasteiger charge is 2.10. The summed E-state index contributed by atoms with van der Waals surface area (Å²) in [4.78, 5) is 6.95. The monoisotopic (exact) mass is 407 g/mol. The van der Waals surface area contributed by atoms with Crippen molar-refractivity contribution in [1.29, 1.82) is 0 Å². The van der Waals surface area contributed by atoms with Crippen LogP contribution in [-0.4, -0.2) is 40.8 Å². The molecule has 1 aromatic heterocycles. The molecule has 0 saturated carbocycles. The van der Waals surface area contributed by atoms with Crippen LogP contribution in [-0.2, 0) is 13.6 Å². The fraction of sp³-hybridized carbons (Fsp3) is 0.733. The average molecular weight is 407 g/mol. The van der Waals surface area contributed by atoms with Gasteiger partial charge in [-0.3, -0.25) is 4.68 Å². The van der Waals surface area contributed by atoms with Gasteiger partial charge >= 0.3 is 0 Å². The summed E-state index contributed by atoms with van der Waals surface area (Å²) in [5, 5.41) is 7.80. The molecule has 0 atom stereocenters. The molecule has 1 rings (SSSR count). The fourth-order valence-corrected chi connectivity index (χ4v) is 2.17. The Bertz CT molecular complexity index is 453. The summed E-state index contributed by atoms with van der Waals surface area (Å²) in [5.41, 5.74) is 3.49. The SMILES string of the molecule is CCCCN(C)C(=NCc1c(C)nn(C)c1C)NCC.I. The van der Waals surface area contributed by atoms with E-state index in [2.05, 4.69) is 43.1 Å². The number of hydrogen-bond acceptors (Lipinski definition) is 2. The third-order valence-corrected chi connectivity index (χ3v) is 3.59. The van der Waals surface area contributed by atoms with Gasteiger partial charge in [-0.1, -0.05) is 13.3 Å². The second kappa shape index (κ2) is 10.0. The van der Waals surface area contributed by atoms with Crippen molar-refractivity contribution in [3.05, 3.63) is 17.0 Å².